The van der Waals surface area contributed by atoms with Gasteiger partial charge < -0.3 is 10.6 Å². The van der Waals surface area contributed by atoms with E-state index in [1.54, 1.807) is 0 Å². The van der Waals surface area contributed by atoms with Crippen LogP contribution in [0.5, 0.6) is 0 Å². The number of carbonyl (C=O) groups is 1. The van der Waals surface area contributed by atoms with E-state index in [9.17, 15) is 4.79 Å². The second-order valence-electron chi connectivity index (χ2n) is 5.50. The minimum Gasteiger partial charge on any atom is -0.327 e. The first-order valence-corrected chi connectivity index (χ1v) is 8.23. The Balaban J connectivity index is 0.00000161. The van der Waals surface area contributed by atoms with Crippen LogP contribution in [0, 0.1) is 0 Å². The Bertz CT molecular complexity index is 500. The number of hydrogen-bond donors (Lipinski definition) is 1. The Labute approximate surface area is 136 Å². The minimum atomic E-state index is 0. The van der Waals surface area contributed by atoms with Crippen LogP contribution in [0.3, 0.4) is 0 Å². The van der Waals surface area contributed by atoms with Gasteiger partial charge in [0, 0.05) is 29.8 Å². The summed E-state index contributed by atoms with van der Waals surface area (Å²) in [7, 11) is 0. The number of thioether (sulfide) groups is 1. The molecule has 4 nitrogen and oxygen atoms in total. The van der Waals surface area contributed by atoms with Gasteiger partial charge in [-0.2, -0.15) is 0 Å². The summed E-state index contributed by atoms with van der Waals surface area (Å²) >= 11 is 1.83. The number of nitrogens with zero attached hydrogens (tertiary/aromatic N) is 2. The Morgan fingerprint density at radius 3 is 2.95 bits per heavy atom. The van der Waals surface area contributed by atoms with Crippen molar-refractivity contribution in [3.05, 3.63) is 24.3 Å². The largest absolute Gasteiger partial charge is 0.327 e. The van der Waals surface area contributed by atoms with E-state index < -0.39 is 0 Å². The zero-order valence-electron chi connectivity index (χ0n) is 12.0. The molecule has 2 N–H and O–H groups in total. The first-order chi connectivity index (χ1) is 9.74. The van der Waals surface area contributed by atoms with Gasteiger partial charge in [-0.3, -0.25) is 9.69 Å². The highest BCUT2D eigenvalue weighted by Gasteiger charge is 2.25. The van der Waals surface area contributed by atoms with Crippen molar-refractivity contribution in [2.75, 3.05) is 36.8 Å². The summed E-state index contributed by atoms with van der Waals surface area (Å²) in [6, 6.07) is 8.39. The smallest absolute Gasteiger partial charge is 0.241 e. The van der Waals surface area contributed by atoms with Gasteiger partial charge in [-0.15, -0.1) is 24.2 Å². The number of carbonyl (C=O) groups excluding carboxylic acids is 1. The van der Waals surface area contributed by atoms with Gasteiger partial charge in [0.15, 0.2) is 0 Å². The molecule has 0 spiro atoms. The lowest BCUT2D eigenvalue weighted by Crippen LogP contribution is -2.48. The predicted octanol–water partition coefficient (Wildman–Crippen LogP) is 1.97. The van der Waals surface area contributed by atoms with Gasteiger partial charge in [0.25, 0.3) is 0 Å². The van der Waals surface area contributed by atoms with Crippen molar-refractivity contribution in [1.29, 1.82) is 0 Å². The number of hydrogen-bond acceptors (Lipinski definition) is 4. The van der Waals surface area contributed by atoms with Crippen LogP contribution in [0.1, 0.15) is 12.8 Å². The van der Waals surface area contributed by atoms with Gasteiger partial charge in [0.1, 0.15) is 0 Å². The van der Waals surface area contributed by atoms with Crippen molar-refractivity contribution in [3.63, 3.8) is 0 Å². The van der Waals surface area contributed by atoms with Crippen molar-refractivity contribution in [2.24, 2.45) is 5.73 Å². The van der Waals surface area contributed by atoms with Gasteiger partial charge in [0.05, 0.1) is 12.2 Å². The zero-order valence-corrected chi connectivity index (χ0v) is 13.7. The molecular formula is C15H22ClN3OS. The molecule has 2 aliphatic rings. The van der Waals surface area contributed by atoms with E-state index in [1.165, 1.54) is 4.90 Å². The van der Waals surface area contributed by atoms with Gasteiger partial charge in [-0.05, 0) is 31.5 Å². The number of halogens is 1. The van der Waals surface area contributed by atoms with E-state index in [0.717, 1.165) is 43.9 Å². The molecule has 1 fully saturated rings. The average Bonchev–Trinajstić information content (AvgIpc) is 2.46. The van der Waals surface area contributed by atoms with Crippen LogP contribution in [-0.4, -0.2) is 48.8 Å². The van der Waals surface area contributed by atoms with E-state index in [4.69, 9.17) is 5.73 Å². The molecule has 0 radical (unpaired) electrons. The predicted molar refractivity (Wildman–Crippen MR) is 90.4 cm³/mol. The average molecular weight is 328 g/mol. The van der Waals surface area contributed by atoms with Crippen LogP contribution in [0.2, 0.25) is 0 Å². The zero-order chi connectivity index (χ0) is 13.9. The third-order valence-electron chi connectivity index (χ3n) is 3.93. The minimum absolute atomic E-state index is 0. The van der Waals surface area contributed by atoms with Crippen molar-refractivity contribution in [1.82, 2.24) is 4.90 Å². The molecule has 6 heteroatoms. The van der Waals surface area contributed by atoms with E-state index in [-0.39, 0.29) is 24.4 Å². The van der Waals surface area contributed by atoms with Gasteiger partial charge in [-0.25, -0.2) is 0 Å². The number of rotatable bonds is 2. The molecule has 1 amide bonds. The van der Waals surface area contributed by atoms with Gasteiger partial charge in [-0.1, -0.05) is 12.1 Å². The molecule has 3 rings (SSSR count). The topological polar surface area (TPSA) is 49.6 Å². The summed E-state index contributed by atoms with van der Waals surface area (Å²) in [4.78, 5) is 17.9. The lowest BCUT2D eigenvalue weighted by molar-refractivity contribution is -0.120. The van der Waals surface area contributed by atoms with Crippen molar-refractivity contribution in [2.45, 2.75) is 23.8 Å². The number of fused-ring (bicyclic) bond motifs is 1. The lowest BCUT2D eigenvalue weighted by Gasteiger charge is -2.34. The summed E-state index contributed by atoms with van der Waals surface area (Å²) in [5.74, 6) is 1.18. The lowest BCUT2D eigenvalue weighted by atomic mass is 10.1. The molecular weight excluding hydrogens is 306 g/mol. The monoisotopic (exact) mass is 327 g/mol. The fraction of sp³-hybridized carbons (Fsp3) is 0.533. The molecule has 116 valence electrons. The number of benzene rings is 1. The molecule has 2 heterocycles. The molecule has 21 heavy (non-hydrogen) atoms. The van der Waals surface area contributed by atoms with Crippen molar-refractivity contribution >= 4 is 35.8 Å². The highest BCUT2D eigenvalue weighted by molar-refractivity contribution is 7.99. The summed E-state index contributed by atoms with van der Waals surface area (Å²) < 4.78 is 0. The quantitative estimate of drug-likeness (QED) is 0.902. The van der Waals surface area contributed by atoms with E-state index in [2.05, 4.69) is 11.0 Å². The van der Waals surface area contributed by atoms with Gasteiger partial charge >= 0.3 is 0 Å². The summed E-state index contributed by atoms with van der Waals surface area (Å²) in [5, 5.41) is 0. The van der Waals surface area contributed by atoms with Crippen molar-refractivity contribution in [3.8, 4) is 0 Å². The Morgan fingerprint density at radius 1 is 1.33 bits per heavy atom. The maximum Gasteiger partial charge on any atom is 0.241 e. The second-order valence-corrected chi connectivity index (χ2v) is 6.64. The fourth-order valence-electron chi connectivity index (χ4n) is 2.94. The van der Waals surface area contributed by atoms with Crippen LogP contribution in [0.15, 0.2) is 29.2 Å². The Kier molecular flexibility index (Phi) is 5.93. The second kappa shape index (κ2) is 7.49. The standard InChI is InChI=1S/C15H21N3OS.ClH/c16-12-4-3-7-17(10-12)11-15(19)18-8-9-20-14-6-2-1-5-13(14)18;/h1-2,5-6,12H,3-4,7-11,16H2;1H. The van der Waals surface area contributed by atoms with E-state index >= 15 is 0 Å². The molecule has 0 aliphatic carbocycles. The third kappa shape index (κ3) is 3.92. The fourth-order valence-corrected chi connectivity index (χ4v) is 3.93. The Morgan fingerprint density at radius 2 is 2.14 bits per heavy atom. The number of piperidine rings is 1. The number of nitrogens with two attached hydrogens (primary N) is 1. The number of para-hydroxylation sites is 1. The molecule has 1 saturated heterocycles. The molecule has 1 unspecified atom stereocenters. The van der Waals surface area contributed by atoms with Crippen LogP contribution in [-0.2, 0) is 4.79 Å². The van der Waals surface area contributed by atoms with Crippen molar-refractivity contribution < 1.29 is 4.79 Å². The number of likely N-dealkylation sites (tertiary alicyclic amines) is 1. The maximum absolute atomic E-state index is 12.6. The van der Waals surface area contributed by atoms with Gasteiger partial charge in [0.2, 0.25) is 5.91 Å². The summed E-state index contributed by atoms with van der Waals surface area (Å²) in [6.45, 7) is 3.13. The number of anilines is 1. The van der Waals surface area contributed by atoms with Crippen LogP contribution in [0.4, 0.5) is 5.69 Å². The summed E-state index contributed by atoms with van der Waals surface area (Å²) in [6.07, 6.45) is 2.18. The molecule has 1 aromatic rings. The molecule has 1 atom stereocenters. The molecule has 2 aliphatic heterocycles. The van der Waals surface area contributed by atoms with Crippen LogP contribution < -0.4 is 10.6 Å². The SMILES string of the molecule is Cl.NC1CCCN(CC(=O)N2CCSc3ccccc32)C1. The molecule has 0 saturated carbocycles. The highest BCUT2D eigenvalue weighted by atomic mass is 35.5. The van der Waals surface area contributed by atoms with E-state index in [1.807, 2.05) is 34.9 Å². The normalized spacial score (nSPS) is 22.3. The maximum atomic E-state index is 12.6. The third-order valence-corrected chi connectivity index (χ3v) is 4.97. The van der Waals surface area contributed by atoms with E-state index in [0.29, 0.717) is 6.54 Å². The Hall–Kier alpha value is -0.750. The molecule has 0 aromatic heterocycles. The number of amides is 1. The molecule has 1 aromatic carbocycles. The van der Waals surface area contributed by atoms with Crippen LogP contribution >= 0.6 is 24.2 Å². The first kappa shape index (κ1) is 16.6. The van der Waals surface area contributed by atoms with Crippen LogP contribution in [0.25, 0.3) is 0 Å². The highest BCUT2D eigenvalue weighted by Crippen LogP contribution is 2.34. The molecule has 0 bridgehead atoms. The first-order valence-electron chi connectivity index (χ1n) is 7.24. The summed E-state index contributed by atoms with van der Waals surface area (Å²) in [5.41, 5.74) is 7.05.